The van der Waals surface area contributed by atoms with Gasteiger partial charge in [0.2, 0.25) is 0 Å². The number of halogens is 1. The van der Waals surface area contributed by atoms with Crippen LogP contribution in [-0.2, 0) is 6.54 Å². The van der Waals surface area contributed by atoms with Gasteiger partial charge in [-0.05, 0) is 42.2 Å². The molecule has 0 bridgehead atoms. The first-order valence-corrected chi connectivity index (χ1v) is 8.29. The van der Waals surface area contributed by atoms with Gasteiger partial charge in [0, 0.05) is 19.8 Å². The van der Waals surface area contributed by atoms with Crippen molar-refractivity contribution in [3.63, 3.8) is 0 Å². The smallest absolute Gasteiger partial charge is 0.193 e. The van der Waals surface area contributed by atoms with Gasteiger partial charge in [-0.1, -0.05) is 32.0 Å². The molecule has 1 atom stereocenters. The normalized spacial score (nSPS) is 12.2. The fourth-order valence-electron chi connectivity index (χ4n) is 2.29. The van der Waals surface area contributed by atoms with Crippen molar-refractivity contribution >= 4 is 41.4 Å². The van der Waals surface area contributed by atoms with E-state index in [0.717, 1.165) is 23.6 Å². The third-order valence-electron chi connectivity index (χ3n) is 4.03. The lowest BCUT2D eigenvalue weighted by Gasteiger charge is -2.12. The molecule has 0 fully saturated rings. The molecule has 0 aliphatic heterocycles. The summed E-state index contributed by atoms with van der Waals surface area (Å²) in [4.78, 5) is 10.9. The quantitative estimate of drug-likeness (QED) is 0.391. The van der Waals surface area contributed by atoms with E-state index in [-0.39, 0.29) is 24.0 Å². The molecule has 2 rings (SSSR count). The van der Waals surface area contributed by atoms with Crippen LogP contribution in [0.3, 0.4) is 0 Å². The SMILES string of the molecule is CCC(C)c1ccc(NC(N)=NCc2cccc(N(C)C)n2)cc1.I. The number of aromatic nitrogens is 1. The van der Waals surface area contributed by atoms with Gasteiger partial charge < -0.3 is 16.0 Å². The van der Waals surface area contributed by atoms with Gasteiger partial charge in [-0.15, -0.1) is 24.0 Å². The second-order valence-corrected chi connectivity index (χ2v) is 6.14. The largest absolute Gasteiger partial charge is 0.370 e. The van der Waals surface area contributed by atoms with Gasteiger partial charge in [0.05, 0.1) is 12.2 Å². The summed E-state index contributed by atoms with van der Waals surface area (Å²) in [6.07, 6.45) is 1.13. The molecule has 5 nitrogen and oxygen atoms in total. The Morgan fingerprint density at radius 3 is 2.48 bits per heavy atom. The lowest BCUT2D eigenvalue weighted by atomic mass is 9.99. The Labute approximate surface area is 167 Å². The molecule has 0 aliphatic carbocycles. The summed E-state index contributed by atoms with van der Waals surface area (Å²) in [6.45, 7) is 4.87. The van der Waals surface area contributed by atoms with Crippen LogP contribution in [0.5, 0.6) is 0 Å². The van der Waals surface area contributed by atoms with E-state index in [0.29, 0.717) is 18.4 Å². The average Bonchev–Trinajstić information content (AvgIpc) is 2.60. The van der Waals surface area contributed by atoms with Crippen LogP contribution < -0.4 is 16.0 Å². The maximum Gasteiger partial charge on any atom is 0.193 e. The van der Waals surface area contributed by atoms with E-state index in [2.05, 4.69) is 41.3 Å². The predicted molar refractivity (Wildman–Crippen MR) is 118 cm³/mol. The monoisotopic (exact) mass is 453 g/mol. The van der Waals surface area contributed by atoms with E-state index in [1.165, 1.54) is 5.56 Å². The number of guanidine groups is 1. The van der Waals surface area contributed by atoms with Crippen LogP contribution in [0.2, 0.25) is 0 Å². The number of rotatable bonds is 6. The molecule has 0 amide bonds. The number of aliphatic imine (C=N–C) groups is 1. The summed E-state index contributed by atoms with van der Waals surface area (Å²) in [5.41, 5.74) is 9.14. The van der Waals surface area contributed by atoms with Crippen LogP contribution in [0.25, 0.3) is 0 Å². The minimum atomic E-state index is 0. The molecule has 1 aromatic heterocycles. The van der Waals surface area contributed by atoms with Crippen LogP contribution in [0.1, 0.15) is 37.4 Å². The first-order chi connectivity index (χ1) is 11.5. The third-order valence-corrected chi connectivity index (χ3v) is 4.03. The summed E-state index contributed by atoms with van der Waals surface area (Å²) >= 11 is 0. The van der Waals surface area contributed by atoms with Gasteiger partial charge in [-0.3, -0.25) is 0 Å². The van der Waals surface area contributed by atoms with E-state index in [1.807, 2.05) is 49.3 Å². The fourth-order valence-corrected chi connectivity index (χ4v) is 2.29. The zero-order valence-electron chi connectivity index (χ0n) is 15.4. The highest BCUT2D eigenvalue weighted by Crippen LogP contribution is 2.20. The molecule has 0 spiro atoms. The van der Waals surface area contributed by atoms with Crippen molar-refractivity contribution in [3.8, 4) is 0 Å². The highest BCUT2D eigenvalue weighted by molar-refractivity contribution is 14.0. The summed E-state index contributed by atoms with van der Waals surface area (Å²) in [6, 6.07) is 14.2. The van der Waals surface area contributed by atoms with Gasteiger partial charge in [0.15, 0.2) is 5.96 Å². The molecule has 136 valence electrons. The number of hydrogen-bond acceptors (Lipinski definition) is 3. The van der Waals surface area contributed by atoms with Crippen molar-refractivity contribution in [3.05, 3.63) is 53.7 Å². The highest BCUT2D eigenvalue weighted by atomic mass is 127. The Bertz CT molecular complexity index is 682. The topological polar surface area (TPSA) is 66.5 Å². The number of benzene rings is 1. The van der Waals surface area contributed by atoms with Crippen molar-refractivity contribution in [1.29, 1.82) is 0 Å². The first kappa shape index (κ1) is 21.2. The molecule has 2 aromatic rings. The zero-order valence-corrected chi connectivity index (χ0v) is 17.7. The summed E-state index contributed by atoms with van der Waals surface area (Å²) in [5, 5.41) is 3.12. The molecule has 0 aliphatic rings. The van der Waals surface area contributed by atoms with Crippen molar-refractivity contribution in [2.75, 3.05) is 24.3 Å². The van der Waals surface area contributed by atoms with Gasteiger partial charge in [-0.2, -0.15) is 0 Å². The Kier molecular flexibility index (Phi) is 8.68. The Morgan fingerprint density at radius 2 is 1.88 bits per heavy atom. The molecule has 1 heterocycles. The maximum absolute atomic E-state index is 5.98. The summed E-state index contributed by atoms with van der Waals surface area (Å²) in [5.74, 6) is 1.87. The summed E-state index contributed by atoms with van der Waals surface area (Å²) in [7, 11) is 3.93. The molecular formula is C19H28IN5. The van der Waals surface area contributed by atoms with Crippen LogP contribution in [-0.4, -0.2) is 25.0 Å². The van der Waals surface area contributed by atoms with E-state index in [1.54, 1.807) is 0 Å². The van der Waals surface area contributed by atoms with Gasteiger partial charge >= 0.3 is 0 Å². The van der Waals surface area contributed by atoms with Crippen molar-refractivity contribution < 1.29 is 0 Å². The Balaban J connectivity index is 0.00000312. The van der Waals surface area contributed by atoms with Gasteiger partial charge in [0.25, 0.3) is 0 Å². The van der Waals surface area contributed by atoms with E-state index >= 15 is 0 Å². The van der Waals surface area contributed by atoms with Crippen molar-refractivity contribution in [2.45, 2.75) is 32.7 Å². The lowest BCUT2D eigenvalue weighted by molar-refractivity contribution is 0.734. The molecule has 3 N–H and O–H groups in total. The van der Waals surface area contributed by atoms with Crippen LogP contribution in [0.4, 0.5) is 11.5 Å². The van der Waals surface area contributed by atoms with Gasteiger partial charge in [0.1, 0.15) is 5.82 Å². The molecule has 0 radical (unpaired) electrons. The number of pyridine rings is 1. The lowest BCUT2D eigenvalue weighted by Crippen LogP contribution is -2.22. The van der Waals surface area contributed by atoms with Crippen molar-refractivity contribution in [2.24, 2.45) is 10.7 Å². The fraction of sp³-hybridized carbons (Fsp3) is 0.368. The highest BCUT2D eigenvalue weighted by Gasteiger charge is 2.03. The molecule has 1 aromatic carbocycles. The zero-order chi connectivity index (χ0) is 17.5. The average molecular weight is 453 g/mol. The maximum atomic E-state index is 5.98. The molecular weight excluding hydrogens is 425 g/mol. The number of nitrogens with zero attached hydrogens (tertiary/aromatic N) is 3. The Hall–Kier alpha value is -1.83. The molecule has 0 saturated heterocycles. The van der Waals surface area contributed by atoms with E-state index in [4.69, 9.17) is 5.73 Å². The van der Waals surface area contributed by atoms with Crippen LogP contribution in [0, 0.1) is 0 Å². The number of nitrogens with one attached hydrogen (secondary N) is 1. The minimum Gasteiger partial charge on any atom is -0.370 e. The second-order valence-electron chi connectivity index (χ2n) is 6.14. The predicted octanol–water partition coefficient (Wildman–Crippen LogP) is 4.21. The third kappa shape index (κ3) is 6.53. The minimum absolute atomic E-state index is 0. The molecule has 25 heavy (non-hydrogen) atoms. The molecule has 6 heteroatoms. The standard InChI is InChI=1S/C19H27N5.HI/c1-5-14(2)15-9-11-16(12-10-15)23-19(20)21-13-17-7-6-8-18(22-17)24(3)4;/h6-12,14H,5,13H2,1-4H3,(H3,20,21,23);1H. The van der Waals surface area contributed by atoms with E-state index in [9.17, 15) is 0 Å². The number of hydrogen-bond donors (Lipinski definition) is 2. The molecule has 0 saturated carbocycles. The van der Waals surface area contributed by atoms with E-state index < -0.39 is 0 Å². The van der Waals surface area contributed by atoms with Gasteiger partial charge in [-0.25, -0.2) is 9.98 Å². The number of nitrogens with two attached hydrogens (primary N) is 1. The van der Waals surface area contributed by atoms with Crippen molar-refractivity contribution in [1.82, 2.24) is 4.98 Å². The second kappa shape index (κ2) is 10.2. The Morgan fingerprint density at radius 1 is 1.20 bits per heavy atom. The summed E-state index contributed by atoms with van der Waals surface area (Å²) < 4.78 is 0. The number of anilines is 2. The van der Waals surface area contributed by atoms with Crippen LogP contribution in [0.15, 0.2) is 47.5 Å². The first-order valence-electron chi connectivity index (χ1n) is 8.29. The van der Waals surface area contributed by atoms with Crippen LogP contribution >= 0.6 is 24.0 Å². The molecule has 1 unspecified atom stereocenters.